The van der Waals surface area contributed by atoms with E-state index in [0.29, 0.717) is 34.1 Å². The van der Waals surface area contributed by atoms with Crippen LogP contribution in [-0.4, -0.2) is 27.3 Å². The molecule has 26 heavy (non-hydrogen) atoms. The van der Waals surface area contributed by atoms with Crippen molar-refractivity contribution in [3.63, 3.8) is 0 Å². The van der Waals surface area contributed by atoms with Gasteiger partial charge in [-0.2, -0.15) is 5.10 Å². The zero-order chi connectivity index (χ0) is 18.5. The first-order valence-corrected chi connectivity index (χ1v) is 8.76. The number of nitrogens with one attached hydrogen (secondary N) is 1. The van der Waals surface area contributed by atoms with Crippen LogP contribution in [0, 0.1) is 13.8 Å². The molecule has 0 radical (unpaired) electrons. The third-order valence-electron chi connectivity index (χ3n) is 5.10. The van der Waals surface area contributed by atoms with Crippen molar-refractivity contribution in [3.8, 4) is 11.5 Å². The highest BCUT2D eigenvalue weighted by Crippen LogP contribution is 2.47. The molecule has 1 aliphatic carbocycles. The highest BCUT2D eigenvalue weighted by Gasteiger charge is 2.44. The molecule has 1 fully saturated rings. The minimum atomic E-state index is -0.696. The molecule has 0 atom stereocenters. The molecule has 2 aliphatic rings. The van der Waals surface area contributed by atoms with Crippen molar-refractivity contribution in [2.24, 2.45) is 7.05 Å². The van der Waals surface area contributed by atoms with Crippen LogP contribution < -0.4 is 14.8 Å². The van der Waals surface area contributed by atoms with Gasteiger partial charge in [0.15, 0.2) is 11.5 Å². The molecule has 7 heteroatoms. The van der Waals surface area contributed by atoms with Crippen molar-refractivity contribution in [1.82, 2.24) is 9.78 Å². The van der Waals surface area contributed by atoms with Gasteiger partial charge in [0.25, 0.3) is 17.5 Å². The van der Waals surface area contributed by atoms with E-state index < -0.39 is 17.5 Å². The van der Waals surface area contributed by atoms with E-state index >= 15 is 0 Å². The fraction of sp³-hybridized carbons (Fsp3) is 0.421. The number of hydrogen-bond donors (Lipinski definition) is 1. The van der Waals surface area contributed by atoms with Crippen molar-refractivity contribution in [2.75, 3.05) is 5.32 Å². The highest BCUT2D eigenvalue weighted by molar-refractivity contribution is 6.47. The van der Waals surface area contributed by atoms with Gasteiger partial charge < -0.3 is 14.8 Å². The van der Waals surface area contributed by atoms with Crippen molar-refractivity contribution in [3.05, 3.63) is 35.2 Å². The molecule has 2 aromatic rings. The van der Waals surface area contributed by atoms with E-state index in [0.717, 1.165) is 25.7 Å². The average molecular weight is 355 g/mol. The van der Waals surface area contributed by atoms with Gasteiger partial charge in [-0.05, 0) is 38.8 Å². The van der Waals surface area contributed by atoms with Crippen LogP contribution in [0.2, 0.25) is 0 Å². The summed E-state index contributed by atoms with van der Waals surface area (Å²) in [5, 5.41) is 6.84. The number of carbonyl (C=O) groups excluding carboxylic acids is 2. The summed E-state index contributed by atoms with van der Waals surface area (Å²) in [5.74, 6) is -0.567. The number of anilines is 1. The predicted octanol–water partition coefficient (Wildman–Crippen LogP) is 2.90. The molecule has 1 aromatic heterocycles. The smallest absolute Gasteiger partial charge is 0.296 e. The van der Waals surface area contributed by atoms with E-state index in [-0.39, 0.29) is 0 Å². The maximum absolute atomic E-state index is 12.5. The third-order valence-corrected chi connectivity index (χ3v) is 5.10. The lowest BCUT2D eigenvalue weighted by Crippen LogP contribution is -2.34. The van der Waals surface area contributed by atoms with Gasteiger partial charge in [0.1, 0.15) is 0 Å². The number of hydrogen-bond acceptors (Lipinski definition) is 5. The average Bonchev–Trinajstić information content (AvgIpc) is 3.26. The van der Waals surface area contributed by atoms with Crippen LogP contribution in [0.5, 0.6) is 11.5 Å². The monoisotopic (exact) mass is 355 g/mol. The summed E-state index contributed by atoms with van der Waals surface area (Å²) in [6, 6.07) is 5.18. The van der Waals surface area contributed by atoms with Gasteiger partial charge in [0.05, 0.1) is 11.3 Å². The fourth-order valence-electron chi connectivity index (χ4n) is 3.69. The van der Waals surface area contributed by atoms with E-state index in [1.807, 2.05) is 0 Å². The minimum Gasteiger partial charge on any atom is -0.448 e. The molecule has 136 valence electrons. The summed E-state index contributed by atoms with van der Waals surface area (Å²) in [7, 11) is 1.74. The Morgan fingerprint density at radius 3 is 2.50 bits per heavy atom. The normalized spacial score (nSPS) is 16.9. The number of nitrogens with zero attached hydrogens (tertiary/aromatic N) is 2. The van der Waals surface area contributed by atoms with Gasteiger partial charge in [-0.25, -0.2) is 0 Å². The first-order chi connectivity index (χ1) is 12.4. The Bertz CT molecular complexity index is 910. The lowest BCUT2D eigenvalue weighted by atomic mass is 10.1. The van der Waals surface area contributed by atoms with Crippen LogP contribution in [0.1, 0.15) is 47.4 Å². The van der Waals surface area contributed by atoms with E-state index in [4.69, 9.17) is 9.47 Å². The molecule has 1 aliphatic heterocycles. The summed E-state index contributed by atoms with van der Waals surface area (Å²) >= 11 is 0. The number of benzene rings is 1. The first kappa shape index (κ1) is 16.6. The van der Waals surface area contributed by atoms with E-state index in [1.165, 1.54) is 0 Å². The second-order valence-electron chi connectivity index (χ2n) is 6.94. The van der Waals surface area contributed by atoms with Gasteiger partial charge in [-0.1, -0.05) is 0 Å². The zero-order valence-corrected chi connectivity index (χ0v) is 15.1. The summed E-state index contributed by atoms with van der Waals surface area (Å²) < 4.78 is 13.5. The number of amides is 1. The van der Waals surface area contributed by atoms with Crippen molar-refractivity contribution >= 4 is 17.4 Å². The Balaban J connectivity index is 1.52. The molecular formula is C19H21N3O4. The largest absolute Gasteiger partial charge is 0.448 e. The maximum Gasteiger partial charge on any atom is 0.296 e. The van der Waals surface area contributed by atoms with Crippen LogP contribution in [0.15, 0.2) is 18.2 Å². The molecule has 1 aromatic carbocycles. The van der Waals surface area contributed by atoms with Crippen LogP contribution in [0.3, 0.4) is 0 Å². The minimum absolute atomic E-state index is 0.343. The van der Waals surface area contributed by atoms with Gasteiger partial charge in [0.2, 0.25) is 0 Å². The molecule has 0 unspecified atom stereocenters. The molecular weight excluding hydrogens is 334 g/mol. The fourth-order valence-corrected chi connectivity index (χ4v) is 3.69. The molecule has 1 saturated carbocycles. The van der Waals surface area contributed by atoms with Crippen molar-refractivity contribution in [1.29, 1.82) is 0 Å². The summed E-state index contributed by atoms with van der Waals surface area (Å²) in [5.41, 5.74) is 2.05. The number of ether oxygens (including phenoxy) is 2. The quantitative estimate of drug-likeness (QED) is 0.676. The van der Waals surface area contributed by atoms with Gasteiger partial charge >= 0.3 is 0 Å². The van der Waals surface area contributed by atoms with Crippen LogP contribution >= 0.6 is 0 Å². The Labute approximate surface area is 151 Å². The van der Waals surface area contributed by atoms with Gasteiger partial charge in [0, 0.05) is 37.3 Å². The van der Waals surface area contributed by atoms with E-state index in [1.54, 1.807) is 43.8 Å². The Morgan fingerprint density at radius 1 is 1.15 bits per heavy atom. The van der Waals surface area contributed by atoms with Gasteiger partial charge in [-0.15, -0.1) is 0 Å². The number of aromatic nitrogens is 2. The molecule has 1 spiro atoms. The van der Waals surface area contributed by atoms with Crippen LogP contribution in [0.25, 0.3) is 0 Å². The maximum atomic E-state index is 12.5. The number of carbonyl (C=O) groups is 2. The molecule has 7 nitrogen and oxygen atoms in total. The van der Waals surface area contributed by atoms with Crippen molar-refractivity contribution in [2.45, 2.75) is 45.3 Å². The van der Waals surface area contributed by atoms with E-state index in [9.17, 15) is 9.59 Å². The predicted molar refractivity (Wildman–Crippen MR) is 94.5 cm³/mol. The first-order valence-electron chi connectivity index (χ1n) is 8.76. The second kappa shape index (κ2) is 5.86. The number of rotatable bonds is 3. The summed E-state index contributed by atoms with van der Waals surface area (Å²) in [4.78, 5) is 24.9. The molecule has 0 saturated heterocycles. The standard InChI is InChI=1S/C19H21N3O4/c1-11-16(12(2)22(3)21-11)17(23)18(24)20-13-6-7-14-15(10-13)26-19(25-14)8-4-5-9-19/h6-7,10H,4-5,8-9H2,1-3H3,(H,20,24). The Morgan fingerprint density at radius 2 is 1.85 bits per heavy atom. The highest BCUT2D eigenvalue weighted by atomic mass is 16.7. The molecule has 0 bridgehead atoms. The van der Waals surface area contributed by atoms with Gasteiger partial charge in [-0.3, -0.25) is 14.3 Å². The SMILES string of the molecule is Cc1nn(C)c(C)c1C(=O)C(=O)Nc1ccc2c(c1)OC1(CCCC1)O2. The lowest BCUT2D eigenvalue weighted by Gasteiger charge is -2.21. The van der Waals surface area contributed by atoms with E-state index in [2.05, 4.69) is 10.4 Å². The molecule has 2 heterocycles. The zero-order valence-electron chi connectivity index (χ0n) is 15.1. The molecule has 1 amide bonds. The molecule has 4 rings (SSSR count). The summed E-state index contributed by atoms with van der Waals surface area (Å²) in [6.45, 7) is 3.48. The third kappa shape index (κ3) is 2.64. The topological polar surface area (TPSA) is 82.5 Å². The van der Waals surface area contributed by atoms with Crippen molar-refractivity contribution < 1.29 is 19.1 Å². The van der Waals surface area contributed by atoms with Crippen LogP contribution in [-0.2, 0) is 11.8 Å². The number of Topliss-reactive ketones (excluding diaryl/α,β-unsaturated/α-hetero) is 1. The summed E-state index contributed by atoms with van der Waals surface area (Å²) in [6.07, 6.45) is 3.88. The lowest BCUT2D eigenvalue weighted by molar-refractivity contribution is -0.112. The second-order valence-corrected chi connectivity index (χ2v) is 6.94. The van der Waals surface area contributed by atoms with Crippen LogP contribution in [0.4, 0.5) is 5.69 Å². The number of aryl methyl sites for hydroxylation is 2. The number of ketones is 1. The molecule has 1 N–H and O–H groups in total. The number of fused-ring (bicyclic) bond motifs is 1. The Hall–Kier alpha value is -2.83. The Kier molecular flexibility index (Phi) is 3.75.